The van der Waals surface area contributed by atoms with E-state index in [0.717, 1.165) is 24.5 Å². The van der Waals surface area contributed by atoms with Crippen molar-refractivity contribution in [2.24, 2.45) is 0 Å². The zero-order valence-corrected chi connectivity index (χ0v) is 13.3. The van der Waals surface area contributed by atoms with Gasteiger partial charge in [-0.2, -0.15) is 0 Å². The molecule has 0 saturated carbocycles. The fourth-order valence-corrected chi connectivity index (χ4v) is 3.08. The molecule has 2 aromatic carbocycles. The lowest BCUT2D eigenvalue weighted by atomic mass is 9.89. The van der Waals surface area contributed by atoms with Gasteiger partial charge in [-0.25, -0.2) is 0 Å². The molecule has 1 atom stereocenters. The minimum atomic E-state index is 0.183. The molecule has 0 aliphatic carbocycles. The fourth-order valence-electron chi connectivity index (χ4n) is 3.08. The Kier molecular flexibility index (Phi) is 4.64. The summed E-state index contributed by atoms with van der Waals surface area (Å²) in [5.74, 6) is 1.92. The van der Waals surface area contributed by atoms with Crippen LogP contribution in [0, 0.1) is 0 Å². The molecule has 0 fully saturated rings. The molecule has 0 aromatic heterocycles. The van der Waals surface area contributed by atoms with Crippen LogP contribution in [0.4, 0.5) is 0 Å². The lowest BCUT2D eigenvalue weighted by Gasteiger charge is -2.29. The van der Waals surface area contributed by atoms with E-state index < -0.39 is 0 Å². The van der Waals surface area contributed by atoms with E-state index in [9.17, 15) is 0 Å². The van der Waals surface area contributed by atoms with Crippen LogP contribution >= 0.6 is 0 Å². The van der Waals surface area contributed by atoms with Crippen LogP contribution in [0.1, 0.15) is 36.6 Å². The molecule has 0 amide bonds. The van der Waals surface area contributed by atoms with Crippen molar-refractivity contribution in [2.75, 3.05) is 19.8 Å². The number of rotatable bonds is 5. The Hall–Kier alpha value is -2.00. The average Bonchev–Trinajstić information content (AvgIpc) is 2.55. The maximum absolute atomic E-state index is 5.80. The summed E-state index contributed by atoms with van der Waals surface area (Å²) in [6, 6.07) is 14.9. The van der Waals surface area contributed by atoms with E-state index in [1.807, 2.05) is 26.0 Å². The molecule has 1 unspecified atom stereocenters. The predicted molar refractivity (Wildman–Crippen MR) is 88.8 cm³/mol. The monoisotopic (exact) mass is 297 g/mol. The zero-order valence-electron chi connectivity index (χ0n) is 13.3. The summed E-state index contributed by atoms with van der Waals surface area (Å²) >= 11 is 0. The molecule has 0 bridgehead atoms. The summed E-state index contributed by atoms with van der Waals surface area (Å²) < 4.78 is 11.4. The van der Waals surface area contributed by atoms with E-state index in [-0.39, 0.29) is 6.04 Å². The first-order valence-corrected chi connectivity index (χ1v) is 8.04. The molecular formula is C19H23NO2. The van der Waals surface area contributed by atoms with Crippen LogP contribution in [0.3, 0.4) is 0 Å². The SMILES string of the molecule is CCOc1ccc2c(c1)CCNC2c1ccccc1OCC. The first kappa shape index (κ1) is 14.9. The van der Waals surface area contributed by atoms with Crippen molar-refractivity contribution in [3.63, 3.8) is 0 Å². The van der Waals surface area contributed by atoms with Crippen LogP contribution in [0.5, 0.6) is 11.5 Å². The molecule has 3 nitrogen and oxygen atoms in total. The largest absolute Gasteiger partial charge is 0.494 e. The van der Waals surface area contributed by atoms with Crippen molar-refractivity contribution >= 4 is 0 Å². The van der Waals surface area contributed by atoms with E-state index in [4.69, 9.17) is 9.47 Å². The quantitative estimate of drug-likeness (QED) is 0.912. The summed E-state index contributed by atoms with van der Waals surface area (Å²) in [7, 11) is 0. The van der Waals surface area contributed by atoms with Crippen LogP contribution in [-0.2, 0) is 6.42 Å². The van der Waals surface area contributed by atoms with Gasteiger partial charge in [-0.05, 0) is 49.6 Å². The highest BCUT2D eigenvalue weighted by Gasteiger charge is 2.24. The molecule has 0 radical (unpaired) electrons. The van der Waals surface area contributed by atoms with Crippen LogP contribution in [0.2, 0.25) is 0 Å². The van der Waals surface area contributed by atoms with Gasteiger partial charge in [0.1, 0.15) is 11.5 Å². The van der Waals surface area contributed by atoms with Crippen LogP contribution < -0.4 is 14.8 Å². The van der Waals surface area contributed by atoms with Crippen molar-refractivity contribution in [1.29, 1.82) is 0 Å². The van der Waals surface area contributed by atoms with Gasteiger partial charge < -0.3 is 14.8 Å². The summed E-state index contributed by atoms with van der Waals surface area (Å²) in [5.41, 5.74) is 3.89. The summed E-state index contributed by atoms with van der Waals surface area (Å²) in [6.07, 6.45) is 1.03. The number of benzene rings is 2. The van der Waals surface area contributed by atoms with E-state index in [0.29, 0.717) is 13.2 Å². The molecule has 1 aliphatic heterocycles. The molecule has 0 spiro atoms. The molecule has 3 rings (SSSR count). The van der Waals surface area contributed by atoms with Crippen LogP contribution in [0.15, 0.2) is 42.5 Å². The summed E-state index contributed by atoms with van der Waals surface area (Å²) in [5, 5.41) is 3.62. The Labute approximate surface area is 132 Å². The van der Waals surface area contributed by atoms with E-state index in [1.165, 1.54) is 16.7 Å². The molecule has 116 valence electrons. The first-order chi connectivity index (χ1) is 10.8. The van der Waals surface area contributed by atoms with E-state index in [2.05, 4.69) is 35.6 Å². The Bertz CT molecular complexity index is 639. The highest BCUT2D eigenvalue weighted by molar-refractivity contribution is 5.47. The highest BCUT2D eigenvalue weighted by Crippen LogP contribution is 2.35. The third kappa shape index (κ3) is 2.95. The van der Waals surface area contributed by atoms with Crippen molar-refractivity contribution in [3.8, 4) is 11.5 Å². The van der Waals surface area contributed by atoms with Gasteiger partial charge in [-0.15, -0.1) is 0 Å². The predicted octanol–water partition coefficient (Wildman–Crippen LogP) is 3.72. The van der Waals surface area contributed by atoms with Gasteiger partial charge in [0.15, 0.2) is 0 Å². The first-order valence-electron chi connectivity index (χ1n) is 8.04. The fraction of sp³-hybridized carbons (Fsp3) is 0.368. The maximum atomic E-state index is 5.80. The van der Waals surface area contributed by atoms with Crippen molar-refractivity contribution in [3.05, 3.63) is 59.2 Å². The minimum absolute atomic E-state index is 0.183. The number of para-hydroxylation sites is 1. The van der Waals surface area contributed by atoms with Gasteiger partial charge >= 0.3 is 0 Å². The van der Waals surface area contributed by atoms with Crippen LogP contribution in [-0.4, -0.2) is 19.8 Å². The van der Waals surface area contributed by atoms with Crippen molar-refractivity contribution in [1.82, 2.24) is 5.32 Å². The minimum Gasteiger partial charge on any atom is -0.494 e. The van der Waals surface area contributed by atoms with Gasteiger partial charge in [0.25, 0.3) is 0 Å². The van der Waals surface area contributed by atoms with Gasteiger partial charge in [0.05, 0.1) is 19.3 Å². The number of nitrogens with one attached hydrogen (secondary N) is 1. The zero-order chi connectivity index (χ0) is 15.4. The van der Waals surface area contributed by atoms with Crippen LogP contribution in [0.25, 0.3) is 0 Å². The molecular weight excluding hydrogens is 274 g/mol. The van der Waals surface area contributed by atoms with E-state index >= 15 is 0 Å². The Balaban J connectivity index is 1.98. The highest BCUT2D eigenvalue weighted by atomic mass is 16.5. The topological polar surface area (TPSA) is 30.5 Å². The van der Waals surface area contributed by atoms with Gasteiger partial charge in [0, 0.05) is 12.1 Å². The van der Waals surface area contributed by atoms with Crippen molar-refractivity contribution < 1.29 is 9.47 Å². The van der Waals surface area contributed by atoms with Gasteiger partial charge in [-0.1, -0.05) is 24.3 Å². The number of hydrogen-bond acceptors (Lipinski definition) is 3. The standard InChI is InChI=1S/C19H23NO2/c1-3-21-15-9-10-16-14(13-15)11-12-20-19(16)17-7-5-6-8-18(17)22-4-2/h5-10,13,19-20H,3-4,11-12H2,1-2H3. The lowest BCUT2D eigenvalue weighted by molar-refractivity contribution is 0.332. The molecule has 22 heavy (non-hydrogen) atoms. The smallest absolute Gasteiger partial charge is 0.124 e. The number of fused-ring (bicyclic) bond motifs is 1. The van der Waals surface area contributed by atoms with E-state index in [1.54, 1.807) is 0 Å². The summed E-state index contributed by atoms with van der Waals surface area (Å²) in [6.45, 7) is 6.39. The Morgan fingerprint density at radius 1 is 1.00 bits per heavy atom. The third-order valence-corrected chi connectivity index (χ3v) is 4.01. The van der Waals surface area contributed by atoms with Gasteiger partial charge in [0.2, 0.25) is 0 Å². The molecule has 1 aliphatic rings. The average molecular weight is 297 g/mol. The third-order valence-electron chi connectivity index (χ3n) is 4.01. The second-order valence-corrected chi connectivity index (χ2v) is 5.40. The van der Waals surface area contributed by atoms with Gasteiger partial charge in [-0.3, -0.25) is 0 Å². The maximum Gasteiger partial charge on any atom is 0.124 e. The number of hydrogen-bond donors (Lipinski definition) is 1. The molecule has 1 N–H and O–H groups in total. The molecule has 1 heterocycles. The Morgan fingerprint density at radius 2 is 1.82 bits per heavy atom. The molecule has 3 heteroatoms. The Morgan fingerprint density at radius 3 is 2.64 bits per heavy atom. The molecule has 0 saturated heterocycles. The second-order valence-electron chi connectivity index (χ2n) is 5.40. The lowest BCUT2D eigenvalue weighted by Crippen LogP contribution is -2.30. The summed E-state index contributed by atoms with van der Waals surface area (Å²) in [4.78, 5) is 0. The molecule has 2 aromatic rings. The normalized spacial score (nSPS) is 16.9. The van der Waals surface area contributed by atoms with Crippen molar-refractivity contribution in [2.45, 2.75) is 26.3 Å². The number of ether oxygens (including phenoxy) is 2. The second kappa shape index (κ2) is 6.84.